The summed E-state index contributed by atoms with van der Waals surface area (Å²) in [4.78, 5) is 2.46. The molecule has 1 heterocycles. The first-order chi connectivity index (χ1) is 8.90. The van der Waals surface area contributed by atoms with Crippen LogP contribution in [-0.2, 0) is 10.0 Å². The first-order valence-corrected chi connectivity index (χ1v) is 7.96. The van der Waals surface area contributed by atoms with Crippen LogP contribution in [0.4, 0.5) is 5.69 Å². The van der Waals surface area contributed by atoms with Crippen LogP contribution in [-0.4, -0.2) is 34.1 Å². The third-order valence-electron chi connectivity index (χ3n) is 3.54. The van der Waals surface area contributed by atoms with Crippen LogP contribution >= 0.6 is 0 Å². The molecule has 0 atom stereocenters. The van der Waals surface area contributed by atoms with Crippen molar-refractivity contribution in [3.05, 3.63) is 24.3 Å². The first-order valence-electron chi connectivity index (χ1n) is 6.48. The SMILES string of the molecule is CCCC1(N)CN(c2ccc(S(=O)(=O)NC)cc2)C1. The summed E-state index contributed by atoms with van der Waals surface area (Å²) >= 11 is 0. The maximum Gasteiger partial charge on any atom is 0.240 e. The van der Waals surface area contributed by atoms with Crippen LogP contribution in [0.15, 0.2) is 29.2 Å². The van der Waals surface area contributed by atoms with Crippen LogP contribution in [0.25, 0.3) is 0 Å². The van der Waals surface area contributed by atoms with Gasteiger partial charge in [0.1, 0.15) is 0 Å². The molecule has 6 heteroatoms. The lowest BCUT2D eigenvalue weighted by molar-refractivity contribution is 0.308. The van der Waals surface area contributed by atoms with E-state index >= 15 is 0 Å². The summed E-state index contributed by atoms with van der Waals surface area (Å²) in [6.07, 6.45) is 2.11. The Bertz CT molecular complexity index is 534. The highest BCUT2D eigenvalue weighted by molar-refractivity contribution is 7.89. The first kappa shape index (κ1) is 14.3. The van der Waals surface area contributed by atoms with E-state index in [1.807, 2.05) is 12.1 Å². The van der Waals surface area contributed by atoms with Crippen LogP contribution in [0.5, 0.6) is 0 Å². The molecule has 0 amide bonds. The van der Waals surface area contributed by atoms with Crippen LogP contribution in [0.3, 0.4) is 0 Å². The topological polar surface area (TPSA) is 75.4 Å². The third-order valence-corrected chi connectivity index (χ3v) is 4.97. The molecule has 0 unspecified atom stereocenters. The van der Waals surface area contributed by atoms with Gasteiger partial charge in [0, 0.05) is 18.8 Å². The summed E-state index contributed by atoms with van der Waals surface area (Å²) in [6, 6.07) is 6.90. The molecule has 106 valence electrons. The summed E-state index contributed by atoms with van der Waals surface area (Å²) in [5.41, 5.74) is 7.16. The fourth-order valence-corrected chi connectivity index (χ4v) is 3.24. The van der Waals surface area contributed by atoms with Crippen molar-refractivity contribution in [2.24, 2.45) is 5.73 Å². The number of hydrogen-bond donors (Lipinski definition) is 2. The van der Waals surface area contributed by atoms with Crippen molar-refractivity contribution < 1.29 is 8.42 Å². The minimum absolute atomic E-state index is 0.0789. The molecule has 19 heavy (non-hydrogen) atoms. The average molecular weight is 283 g/mol. The summed E-state index contributed by atoms with van der Waals surface area (Å²) in [5, 5.41) is 0. The molecule has 5 nitrogen and oxygen atoms in total. The lowest BCUT2D eigenvalue weighted by atomic mass is 9.86. The molecule has 0 radical (unpaired) electrons. The van der Waals surface area contributed by atoms with Gasteiger partial charge in [0.05, 0.1) is 10.4 Å². The molecule has 0 aliphatic carbocycles. The van der Waals surface area contributed by atoms with Gasteiger partial charge in [0.15, 0.2) is 0 Å². The van der Waals surface area contributed by atoms with Crippen molar-refractivity contribution in [2.75, 3.05) is 25.0 Å². The van der Waals surface area contributed by atoms with E-state index in [1.165, 1.54) is 7.05 Å². The van der Waals surface area contributed by atoms with Gasteiger partial charge in [-0.05, 0) is 37.7 Å². The monoisotopic (exact) mass is 283 g/mol. The number of nitrogens with two attached hydrogens (primary N) is 1. The lowest BCUT2D eigenvalue weighted by Gasteiger charge is -2.49. The molecule has 0 saturated carbocycles. The molecule has 1 aromatic carbocycles. The molecule has 2 rings (SSSR count). The average Bonchev–Trinajstić information content (AvgIpc) is 2.36. The van der Waals surface area contributed by atoms with Crippen molar-refractivity contribution in [1.82, 2.24) is 4.72 Å². The van der Waals surface area contributed by atoms with E-state index in [2.05, 4.69) is 16.5 Å². The van der Waals surface area contributed by atoms with Crippen LogP contribution in [0.1, 0.15) is 19.8 Å². The Labute approximate surface area is 114 Å². The Kier molecular flexibility index (Phi) is 3.85. The van der Waals surface area contributed by atoms with Gasteiger partial charge in [0.25, 0.3) is 0 Å². The maximum atomic E-state index is 11.6. The molecule has 1 saturated heterocycles. The predicted octanol–water partition coefficient (Wildman–Crippen LogP) is 0.912. The van der Waals surface area contributed by atoms with Gasteiger partial charge in [-0.2, -0.15) is 0 Å². The van der Waals surface area contributed by atoms with Crippen molar-refractivity contribution in [2.45, 2.75) is 30.2 Å². The molecule has 1 aromatic rings. The standard InChI is InChI=1S/C13H21N3O2S/c1-3-8-13(14)9-16(10-13)11-4-6-12(7-5-11)19(17,18)15-2/h4-7,15H,3,8-10,14H2,1-2H3. The second-order valence-corrected chi connectivity index (χ2v) is 7.06. The van der Waals surface area contributed by atoms with Gasteiger partial charge in [-0.3, -0.25) is 0 Å². The van der Waals surface area contributed by atoms with Gasteiger partial charge in [-0.15, -0.1) is 0 Å². The molecule has 0 spiro atoms. The number of nitrogens with zero attached hydrogens (tertiary/aromatic N) is 1. The third kappa shape index (κ3) is 2.91. The Hall–Kier alpha value is -1.11. The normalized spacial score (nSPS) is 18.2. The molecule has 1 aliphatic rings. The fraction of sp³-hybridized carbons (Fsp3) is 0.538. The van der Waals surface area contributed by atoms with E-state index in [0.717, 1.165) is 31.6 Å². The number of anilines is 1. The molecular weight excluding hydrogens is 262 g/mol. The summed E-state index contributed by atoms with van der Waals surface area (Å²) in [7, 11) is -1.95. The number of rotatable bonds is 5. The minimum atomic E-state index is -3.35. The smallest absolute Gasteiger partial charge is 0.240 e. The minimum Gasteiger partial charge on any atom is -0.368 e. The van der Waals surface area contributed by atoms with Gasteiger partial charge in [-0.25, -0.2) is 13.1 Å². The Morgan fingerprint density at radius 2 is 1.89 bits per heavy atom. The number of nitrogens with one attached hydrogen (secondary N) is 1. The van der Waals surface area contributed by atoms with E-state index in [9.17, 15) is 8.42 Å². The highest BCUT2D eigenvalue weighted by Crippen LogP contribution is 2.29. The zero-order valence-electron chi connectivity index (χ0n) is 11.4. The van der Waals surface area contributed by atoms with Crippen molar-refractivity contribution >= 4 is 15.7 Å². The molecule has 1 fully saturated rings. The number of hydrogen-bond acceptors (Lipinski definition) is 4. The van der Waals surface area contributed by atoms with Gasteiger partial charge in [-0.1, -0.05) is 13.3 Å². The van der Waals surface area contributed by atoms with Crippen molar-refractivity contribution in [3.63, 3.8) is 0 Å². The Morgan fingerprint density at radius 3 is 2.37 bits per heavy atom. The second kappa shape index (κ2) is 5.11. The molecule has 3 N–H and O–H groups in total. The van der Waals surface area contributed by atoms with E-state index in [4.69, 9.17) is 5.73 Å². The maximum absolute atomic E-state index is 11.6. The predicted molar refractivity (Wildman–Crippen MR) is 76.7 cm³/mol. The molecular formula is C13H21N3O2S. The second-order valence-electron chi connectivity index (χ2n) is 5.17. The van der Waals surface area contributed by atoms with Crippen LogP contribution < -0.4 is 15.4 Å². The number of benzene rings is 1. The molecule has 0 aromatic heterocycles. The highest BCUT2D eigenvalue weighted by Gasteiger charge is 2.38. The van der Waals surface area contributed by atoms with E-state index < -0.39 is 10.0 Å². The Balaban J connectivity index is 2.06. The lowest BCUT2D eigenvalue weighted by Crippen LogP contribution is -2.67. The summed E-state index contributed by atoms with van der Waals surface area (Å²) < 4.78 is 25.5. The van der Waals surface area contributed by atoms with Gasteiger partial charge < -0.3 is 10.6 Å². The zero-order valence-corrected chi connectivity index (χ0v) is 12.2. The van der Waals surface area contributed by atoms with Crippen molar-refractivity contribution in [1.29, 1.82) is 0 Å². The van der Waals surface area contributed by atoms with Crippen LogP contribution in [0, 0.1) is 0 Å². The van der Waals surface area contributed by atoms with E-state index in [-0.39, 0.29) is 10.4 Å². The zero-order chi connectivity index (χ0) is 14.1. The van der Waals surface area contributed by atoms with Gasteiger partial charge >= 0.3 is 0 Å². The van der Waals surface area contributed by atoms with E-state index in [0.29, 0.717) is 0 Å². The fourth-order valence-electron chi connectivity index (χ4n) is 2.51. The number of sulfonamides is 1. The van der Waals surface area contributed by atoms with Gasteiger partial charge in [0.2, 0.25) is 10.0 Å². The Morgan fingerprint density at radius 1 is 1.32 bits per heavy atom. The summed E-state index contributed by atoms with van der Waals surface area (Å²) in [5.74, 6) is 0. The largest absolute Gasteiger partial charge is 0.368 e. The molecule has 1 aliphatic heterocycles. The van der Waals surface area contributed by atoms with Crippen molar-refractivity contribution in [3.8, 4) is 0 Å². The highest BCUT2D eigenvalue weighted by atomic mass is 32.2. The molecule has 0 bridgehead atoms. The summed E-state index contributed by atoms with van der Waals surface area (Å²) in [6.45, 7) is 3.80. The van der Waals surface area contributed by atoms with E-state index in [1.54, 1.807) is 12.1 Å². The van der Waals surface area contributed by atoms with Crippen LogP contribution in [0.2, 0.25) is 0 Å². The quantitative estimate of drug-likeness (QED) is 0.842.